The summed E-state index contributed by atoms with van der Waals surface area (Å²) in [5, 5.41) is 7.18. The van der Waals surface area contributed by atoms with Gasteiger partial charge in [0.25, 0.3) is 0 Å². The lowest BCUT2D eigenvalue weighted by Crippen LogP contribution is -2.41. The molecule has 0 spiro atoms. The van der Waals surface area contributed by atoms with Crippen molar-refractivity contribution in [3.8, 4) is 0 Å². The highest BCUT2D eigenvalue weighted by Crippen LogP contribution is 2.25. The van der Waals surface area contributed by atoms with Gasteiger partial charge in [0.2, 0.25) is 10.0 Å². The van der Waals surface area contributed by atoms with Gasteiger partial charge in [0.1, 0.15) is 4.90 Å². The third kappa shape index (κ3) is 3.47. The van der Waals surface area contributed by atoms with Crippen LogP contribution in [0.25, 0.3) is 0 Å². The first-order chi connectivity index (χ1) is 11.4. The minimum Gasteiger partial charge on any atom is -0.348 e. The minimum absolute atomic E-state index is 0.287. The van der Waals surface area contributed by atoms with Gasteiger partial charge in [-0.05, 0) is 32.6 Å². The van der Waals surface area contributed by atoms with Crippen LogP contribution in [-0.4, -0.2) is 42.8 Å². The highest BCUT2D eigenvalue weighted by atomic mass is 32.2. The molecule has 1 fully saturated rings. The number of sulfonamides is 1. The van der Waals surface area contributed by atoms with Gasteiger partial charge in [-0.2, -0.15) is 5.10 Å². The van der Waals surface area contributed by atoms with Gasteiger partial charge in [-0.3, -0.25) is 4.68 Å². The summed E-state index contributed by atoms with van der Waals surface area (Å²) in [6.07, 6.45) is 3.88. The summed E-state index contributed by atoms with van der Waals surface area (Å²) in [7, 11) is -1.78. The van der Waals surface area contributed by atoms with Crippen LogP contribution in [0.15, 0.2) is 16.5 Å². The summed E-state index contributed by atoms with van der Waals surface area (Å²) >= 11 is 1.62. The van der Waals surface area contributed by atoms with Crippen LogP contribution in [0.3, 0.4) is 0 Å². The Morgan fingerprint density at radius 2 is 2.21 bits per heavy atom. The smallest absolute Gasteiger partial charge is 0.244 e. The maximum Gasteiger partial charge on any atom is 0.244 e. The van der Waals surface area contributed by atoms with Crippen molar-refractivity contribution >= 4 is 26.5 Å². The van der Waals surface area contributed by atoms with E-state index in [-0.39, 0.29) is 5.92 Å². The number of nitrogens with zero attached hydrogens (tertiary/aromatic N) is 4. The molecular formula is C15H23N5O2S2. The van der Waals surface area contributed by atoms with Crippen molar-refractivity contribution in [2.45, 2.75) is 31.6 Å². The fourth-order valence-electron chi connectivity index (χ4n) is 3.22. The number of thiazole rings is 1. The molecule has 0 aromatic carbocycles. The highest BCUT2D eigenvalue weighted by molar-refractivity contribution is 7.89. The number of nitrogens with one attached hydrogen (secondary N) is 1. The number of piperidine rings is 1. The Kier molecular flexibility index (Phi) is 4.93. The molecule has 24 heavy (non-hydrogen) atoms. The van der Waals surface area contributed by atoms with Crippen molar-refractivity contribution in [2.75, 3.05) is 24.5 Å². The molecule has 1 unspecified atom stereocenters. The summed E-state index contributed by atoms with van der Waals surface area (Å²) in [5.41, 5.74) is 1.20. The molecule has 1 N–H and O–H groups in total. The Bertz CT molecular complexity index is 798. The van der Waals surface area contributed by atoms with Crippen LogP contribution in [0.1, 0.15) is 24.2 Å². The predicted molar refractivity (Wildman–Crippen MR) is 94.9 cm³/mol. The van der Waals surface area contributed by atoms with E-state index >= 15 is 0 Å². The van der Waals surface area contributed by atoms with Gasteiger partial charge in [0.15, 0.2) is 5.13 Å². The van der Waals surface area contributed by atoms with E-state index < -0.39 is 10.0 Å². The molecule has 3 heterocycles. The highest BCUT2D eigenvalue weighted by Gasteiger charge is 2.27. The van der Waals surface area contributed by atoms with Gasteiger partial charge in [0, 0.05) is 38.3 Å². The molecule has 1 atom stereocenters. The van der Waals surface area contributed by atoms with Crippen LogP contribution in [0, 0.1) is 19.8 Å². The summed E-state index contributed by atoms with van der Waals surface area (Å²) < 4.78 is 29.7. The van der Waals surface area contributed by atoms with Gasteiger partial charge in [-0.1, -0.05) is 0 Å². The third-order valence-corrected chi connectivity index (χ3v) is 6.99. The van der Waals surface area contributed by atoms with Crippen molar-refractivity contribution in [3.63, 3.8) is 0 Å². The first-order valence-electron chi connectivity index (χ1n) is 8.03. The summed E-state index contributed by atoms with van der Waals surface area (Å²) in [6, 6.07) is 0. The van der Waals surface area contributed by atoms with Gasteiger partial charge in [-0.15, -0.1) is 11.3 Å². The lowest BCUT2D eigenvalue weighted by Gasteiger charge is -2.32. The van der Waals surface area contributed by atoms with Crippen LogP contribution in [0.4, 0.5) is 5.13 Å². The normalized spacial score (nSPS) is 19.0. The van der Waals surface area contributed by atoms with Gasteiger partial charge in [0.05, 0.1) is 11.4 Å². The molecule has 0 bridgehead atoms. The molecule has 132 valence electrons. The average molecular weight is 370 g/mol. The molecule has 2 aromatic heterocycles. The monoisotopic (exact) mass is 369 g/mol. The second kappa shape index (κ2) is 6.81. The number of aromatic nitrogens is 3. The fourth-order valence-corrected chi connectivity index (χ4v) is 5.45. The Hall–Kier alpha value is -1.45. The van der Waals surface area contributed by atoms with Crippen molar-refractivity contribution in [3.05, 3.63) is 23.0 Å². The molecule has 1 aliphatic rings. The largest absolute Gasteiger partial charge is 0.348 e. The van der Waals surface area contributed by atoms with Crippen LogP contribution < -0.4 is 9.62 Å². The average Bonchev–Trinajstić information content (AvgIpc) is 3.15. The number of hydrogen-bond acceptors (Lipinski definition) is 6. The van der Waals surface area contributed by atoms with Gasteiger partial charge >= 0.3 is 0 Å². The molecule has 1 saturated heterocycles. The van der Waals surface area contributed by atoms with Crippen LogP contribution in [0.2, 0.25) is 0 Å². The van der Waals surface area contributed by atoms with E-state index in [4.69, 9.17) is 0 Å². The van der Waals surface area contributed by atoms with Crippen molar-refractivity contribution < 1.29 is 8.42 Å². The second-order valence-corrected chi connectivity index (χ2v) is 8.82. The first-order valence-corrected chi connectivity index (χ1v) is 10.4. The van der Waals surface area contributed by atoms with E-state index in [1.807, 2.05) is 5.38 Å². The van der Waals surface area contributed by atoms with E-state index in [1.54, 1.807) is 43.1 Å². The minimum atomic E-state index is -3.54. The SMILES string of the molecule is Cc1nn(C)c(C)c1S(=O)(=O)NCC1CCCN(c2nccs2)C1. The van der Waals surface area contributed by atoms with E-state index in [1.165, 1.54) is 0 Å². The number of aryl methyl sites for hydroxylation is 2. The van der Waals surface area contributed by atoms with Gasteiger partial charge < -0.3 is 4.90 Å². The Labute approximate surface area is 146 Å². The molecule has 1 aliphatic heterocycles. The van der Waals surface area contributed by atoms with Gasteiger partial charge in [-0.25, -0.2) is 18.1 Å². The zero-order chi connectivity index (χ0) is 17.3. The van der Waals surface area contributed by atoms with Crippen LogP contribution in [0.5, 0.6) is 0 Å². The Morgan fingerprint density at radius 3 is 2.83 bits per heavy atom. The molecule has 7 nitrogen and oxygen atoms in total. The van der Waals surface area contributed by atoms with E-state index in [2.05, 4.69) is 19.7 Å². The molecule has 9 heteroatoms. The fraction of sp³-hybridized carbons (Fsp3) is 0.600. The number of rotatable bonds is 5. The van der Waals surface area contributed by atoms with Crippen LogP contribution in [-0.2, 0) is 17.1 Å². The molecule has 0 radical (unpaired) electrons. The standard InChI is InChI=1S/C15H23N5O2S2/c1-11-14(12(2)19(3)18-11)24(21,22)17-9-13-5-4-7-20(10-13)15-16-6-8-23-15/h6,8,13,17H,4-5,7,9-10H2,1-3H3. The molecule has 3 rings (SSSR count). The Morgan fingerprint density at radius 1 is 1.42 bits per heavy atom. The summed E-state index contributed by atoms with van der Waals surface area (Å²) in [6.45, 7) is 5.77. The van der Waals surface area contributed by atoms with Crippen molar-refractivity contribution in [1.82, 2.24) is 19.5 Å². The Balaban J connectivity index is 1.66. The third-order valence-electron chi connectivity index (χ3n) is 4.48. The first kappa shape index (κ1) is 17.4. The van der Waals surface area contributed by atoms with Crippen LogP contribution >= 0.6 is 11.3 Å². The molecule has 0 amide bonds. The zero-order valence-electron chi connectivity index (χ0n) is 14.2. The number of hydrogen-bond donors (Lipinski definition) is 1. The maximum atomic E-state index is 12.7. The van der Waals surface area contributed by atoms with Crippen molar-refractivity contribution in [2.24, 2.45) is 13.0 Å². The number of anilines is 1. The second-order valence-electron chi connectivity index (χ2n) is 6.24. The van der Waals surface area contributed by atoms with E-state index in [0.717, 1.165) is 31.1 Å². The van der Waals surface area contributed by atoms with E-state index in [0.29, 0.717) is 22.8 Å². The summed E-state index contributed by atoms with van der Waals surface area (Å²) in [4.78, 5) is 6.90. The van der Waals surface area contributed by atoms with Crippen molar-refractivity contribution in [1.29, 1.82) is 0 Å². The lowest BCUT2D eigenvalue weighted by molar-refractivity contribution is 0.410. The quantitative estimate of drug-likeness (QED) is 0.867. The van der Waals surface area contributed by atoms with E-state index in [9.17, 15) is 8.42 Å². The zero-order valence-corrected chi connectivity index (χ0v) is 15.8. The molecular weight excluding hydrogens is 346 g/mol. The maximum absolute atomic E-state index is 12.7. The molecule has 0 aliphatic carbocycles. The molecule has 0 saturated carbocycles. The summed E-state index contributed by atoms with van der Waals surface area (Å²) in [5.74, 6) is 0.287. The molecule has 2 aromatic rings. The topological polar surface area (TPSA) is 80.1 Å². The predicted octanol–water partition coefficient (Wildman–Crippen LogP) is 1.69. The lowest BCUT2D eigenvalue weighted by atomic mass is 9.99.